The Morgan fingerprint density at radius 1 is 1.06 bits per heavy atom. The number of phenolic OH excluding ortho intramolecular Hbond substituents is 1. The van der Waals surface area contributed by atoms with Crippen LogP contribution in [0.1, 0.15) is 5.56 Å². The Balaban J connectivity index is 2.27. The molecule has 16 heavy (non-hydrogen) atoms. The van der Waals surface area contributed by atoms with E-state index in [9.17, 15) is 5.11 Å². The van der Waals surface area contributed by atoms with Crippen LogP contribution in [-0.2, 0) is 5.33 Å². The maximum Gasteiger partial charge on any atom is 0.169 e. The van der Waals surface area contributed by atoms with Crippen LogP contribution >= 0.6 is 15.9 Å². The number of hydrogen-bond acceptors (Lipinski definition) is 2. The van der Waals surface area contributed by atoms with Gasteiger partial charge in [0.2, 0.25) is 0 Å². The Bertz CT molecular complexity index is 469. The summed E-state index contributed by atoms with van der Waals surface area (Å²) in [7, 11) is 0. The highest BCUT2D eigenvalue weighted by Gasteiger charge is 2.04. The number of alkyl halides is 1. The maximum absolute atomic E-state index is 9.65. The van der Waals surface area contributed by atoms with Gasteiger partial charge in [0.05, 0.1) is 0 Å². The molecule has 2 aromatic carbocycles. The minimum absolute atomic E-state index is 0.147. The molecule has 0 aliphatic heterocycles. The van der Waals surface area contributed by atoms with Gasteiger partial charge in [-0.2, -0.15) is 0 Å². The molecule has 0 saturated heterocycles. The van der Waals surface area contributed by atoms with Crippen LogP contribution in [0.2, 0.25) is 0 Å². The summed E-state index contributed by atoms with van der Waals surface area (Å²) < 4.78 is 5.58. The van der Waals surface area contributed by atoms with Crippen molar-refractivity contribution in [3.05, 3.63) is 54.1 Å². The van der Waals surface area contributed by atoms with Crippen molar-refractivity contribution in [3.63, 3.8) is 0 Å². The van der Waals surface area contributed by atoms with Gasteiger partial charge in [-0.25, -0.2) is 0 Å². The fraction of sp³-hybridized carbons (Fsp3) is 0.0769. The first-order valence-electron chi connectivity index (χ1n) is 4.90. The van der Waals surface area contributed by atoms with Gasteiger partial charge in [-0.15, -0.1) is 0 Å². The molecule has 1 N–H and O–H groups in total. The maximum atomic E-state index is 9.65. The summed E-state index contributed by atoms with van der Waals surface area (Å²) in [5.74, 6) is 1.33. The Hall–Kier alpha value is -1.48. The Labute approximate surface area is 103 Å². The minimum atomic E-state index is 0.147. The molecule has 0 fully saturated rings. The van der Waals surface area contributed by atoms with E-state index in [1.54, 1.807) is 6.07 Å². The van der Waals surface area contributed by atoms with Gasteiger partial charge in [-0.3, -0.25) is 0 Å². The zero-order valence-electron chi connectivity index (χ0n) is 8.56. The number of rotatable bonds is 3. The predicted molar refractivity (Wildman–Crippen MR) is 67.3 cm³/mol. The summed E-state index contributed by atoms with van der Waals surface area (Å²) in [4.78, 5) is 0. The third kappa shape index (κ3) is 2.55. The molecule has 0 unspecified atom stereocenters. The molecule has 82 valence electrons. The Kier molecular flexibility index (Phi) is 3.47. The predicted octanol–water partition coefficient (Wildman–Crippen LogP) is 4.08. The van der Waals surface area contributed by atoms with Crippen molar-refractivity contribution in [1.82, 2.24) is 0 Å². The smallest absolute Gasteiger partial charge is 0.169 e. The van der Waals surface area contributed by atoms with Crippen molar-refractivity contribution >= 4 is 15.9 Å². The van der Waals surface area contributed by atoms with E-state index < -0.39 is 0 Å². The van der Waals surface area contributed by atoms with Crippen LogP contribution in [0.3, 0.4) is 0 Å². The lowest BCUT2D eigenvalue weighted by atomic mass is 10.2. The first-order chi connectivity index (χ1) is 7.79. The molecule has 0 spiro atoms. The molecular weight excluding hydrogens is 268 g/mol. The van der Waals surface area contributed by atoms with Crippen LogP contribution in [0.5, 0.6) is 17.2 Å². The van der Waals surface area contributed by atoms with Gasteiger partial charge in [-0.05, 0) is 29.8 Å². The van der Waals surface area contributed by atoms with Crippen LogP contribution in [0.15, 0.2) is 48.5 Å². The molecule has 0 radical (unpaired) electrons. The van der Waals surface area contributed by atoms with E-state index in [1.807, 2.05) is 42.5 Å². The summed E-state index contributed by atoms with van der Waals surface area (Å²) in [6, 6.07) is 14.7. The summed E-state index contributed by atoms with van der Waals surface area (Å²) in [5, 5.41) is 10.4. The first-order valence-corrected chi connectivity index (χ1v) is 6.02. The van der Waals surface area contributed by atoms with Crippen molar-refractivity contribution < 1.29 is 9.84 Å². The second-order valence-corrected chi connectivity index (χ2v) is 3.91. The van der Waals surface area contributed by atoms with Crippen LogP contribution in [0.25, 0.3) is 0 Å². The van der Waals surface area contributed by atoms with Crippen molar-refractivity contribution in [1.29, 1.82) is 0 Å². The van der Waals surface area contributed by atoms with Gasteiger partial charge in [0.25, 0.3) is 0 Å². The van der Waals surface area contributed by atoms with E-state index >= 15 is 0 Å². The average molecular weight is 279 g/mol. The Morgan fingerprint density at radius 3 is 2.50 bits per heavy atom. The van der Waals surface area contributed by atoms with Crippen molar-refractivity contribution in [2.24, 2.45) is 0 Å². The number of benzene rings is 2. The molecule has 0 heterocycles. The molecular formula is C13H11BrO2. The van der Waals surface area contributed by atoms with Crippen LogP contribution in [0.4, 0.5) is 0 Å². The molecule has 2 aromatic rings. The van der Waals surface area contributed by atoms with E-state index in [-0.39, 0.29) is 5.75 Å². The molecule has 0 atom stereocenters. The number of aromatic hydroxyl groups is 1. The number of para-hydroxylation sites is 1. The zero-order valence-corrected chi connectivity index (χ0v) is 10.1. The quantitative estimate of drug-likeness (QED) is 0.858. The third-order valence-electron chi connectivity index (χ3n) is 2.15. The molecule has 2 rings (SSSR count). The van der Waals surface area contributed by atoms with Gasteiger partial charge in [0.1, 0.15) is 5.75 Å². The lowest BCUT2D eigenvalue weighted by molar-refractivity contribution is 0.411. The van der Waals surface area contributed by atoms with Gasteiger partial charge in [-0.1, -0.05) is 40.2 Å². The molecule has 0 aliphatic rings. The molecule has 2 nitrogen and oxygen atoms in total. The number of halogens is 1. The number of phenols is 1. The molecule has 3 heteroatoms. The largest absolute Gasteiger partial charge is 0.504 e. The van der Waals surface area contributed by atoms with Crippen LogP contribution in [0, 0.1) is 0 Å². The molecule has 0 amide bonds. The number of hydrogen-bond donors (Lipinski definition) is 1. The van der Waals surface area contributed by atoms with E-state index in [2.05, 4.69) is 15.9 Å². The third-order valence-corrected chi connectivity index (χ3v) is 2.80. The zero-order chi connectivity index (χ0) is 11.4. The van der Waals surface area contributed by atoms with Gasteiger partial charge in [0.15, 0.2) is 11.5 Å². The summed E-state index contributed by atoms with van der Waals surface area (Å²) in [6.07, 6.45) is 0. The summed E-state index contributed by atoms with van der Waals surface area (Å²) in [5.41, 5.74) is 1.06. The fourth-order valence-electron chi connectivity index (χ4n) is 1.34. The van der Waals surface area contributed by atoms with Crippen molar-refractivity contribution in [3.8, 4) is 17.2 Å². The topological polar surface area (TPSA) is 29.5 Å². The molecule has 0 aromatic heterocycles. The summed E-state index contributed by atoms with van der Waals surface area (Å²) >= 11 is 3.36. The lowest BCUT2D eigenvalue weighted by Crippen LogP contribution is -1.86. The van der Waals surface area contributed by atoms with Gasteiger partial charge in [0, 0.05) is 5.33 Å². The summed E-state index contributed by atoms with van der Waals surface area (Å²) in [6.45, 7) is 0. The van der Waals surface area contributed by atoms with E-state index in [1.165, 1.54) is 0 Å². The highest BCUT2D eigenvalue weighted by Crippen LogP contribution is 2.31. The second kappa shape index (κ2) is 5.03. The normalized spacial score (nSPS) is 10.1. The molecule has 0 aliphatic carbocycles. The number of ether oxygens (including phenoxy) is 1. The van der Waals surface area contributed by atoms with E-state index in [0.717, 1.165) is 10.9 Å². The fourth-order valence-corrected chi connectivity index (χ4v) is 1.69. The molecule has 0 saturated carbocycles. The van der Waals surface area contributed by atoms with Crippen LogP contribution < -0.4 is 4.74 Å². The monoisotopic (exact) mass is 278 g/mol. The first kappa shape index (κ1) is 11.0. The highest BCUT2D eigenvalue weighted by atomic mass is 79.9. The highest BCUT2D eigenvalue weighted by molar-refractivity contribution is 9.08. The van der Waals surface area contributed by atoms with E-state index in [4.69, 9.17) is 4.74 Å². The second-order valence-electron chi connectivity index (χ2n) is 3.35. The standard InChI is InChI=1S/C13H11BrO2/c14-9-10-6-7-12(15)13(8-10)16-11-4-2-1-3-5-11/h1-8,15H,9H2. The molecule has 0 bridgehead atoms. The van der Waals surface area contributed by atoms with Crippen molar-refractivity contribution in [2.45, 2.75) is 5.33 Å². The van der Waals surface area contributed by atoms with Crippen molar-refractivity contribution in [2.75, 3.05) is 0 Å². The SMILES string of the molecule is Oc1ccc(CBr)cc1Oc1ccccc1. The van der Waals surface area contributed by atoms with Crippen LogP contribution in [-0.4, -0.2) is 5.11 Å². The Morgan fingerprint density at radius 2 is 1.81 bits per heavy atom. The van der Waals surface area contributed by atoms with Gasteiger partial charge >= 0.3 is 0 Å². The van der Waals surface area contributed by atoms with E-state index in [0.29, 0.717) is 11.5 Å². The van der Waals surface area contributed by atoms with Gasteiger partial charge < -0.3 is 9.84 Å². The minimum Gasteiger partial charge on any atom is -0.504 e. The lowest BCUT2D eigenvalue weighted by Gasteiger charge is -2.08. The average Bonchev–Trinajstić information content (AvgIpc) is 2.33.